The molecule has 1 aromatic carbocycles. The second-order valence-electron chi connectivity index (χ2n) is 7.70. The highest BCUT2D eigenvalue weighted by atomic mass is 32.2. The van der Waals surface area contributed by atoms with Crippen LogP contribution in [0, 0.1) is 11.8 Å². The second-order valence-corrected chi connectivity index (χ2v) is 9.63. The van der Waals surface area contributed by atoms with Crippen LogP contribution in [0.2, 0.25) is 0 Å². The molecule has 9 heteroatoms. The van der Waals surface area contributed by atoms with E-state index in [4.69, 9.17) is 5.11 Å². The number of aliphatic hydroxyl groups is 1. The van der Waals surface area contributed by atoms with E-state index in [0.29, 0.717) is 19.3 Å². The first-order chi connectivity index (χ1) is 13.8. The van der Waals surface area contributed by atoms with Gasteiger partial charge in [0.25, 0.3) is 0 Å². The minimum atomic E-state index is -3.56. The van der Waals surface area contributed by atoms with Gasteiger partial charge in [-0.3, -0.25) is 9.59 Å². The molecule has 1 unspecified atom stereocenters. The molecule has 1 aliphatic rings. The minimum Gasteiger partial charge on any atom is -0.395 e. The van der Waals surface area contributed by atoms with Crippen molar-refractivity contribution >= 4 is 21.8 Å². The number of carbonyl (C=O) groups excluding carboxylic acids is 2. The fourth-order valence-electron chi connectivity index (χ4n) is 3.39. The molecule has 0 spiro atoms. The van der Waals surface area contributed by atoms with E-state index in [9.17, 15) is 18.0 Å². The van der Waals surface area contributed by atoms with Crippen LogP contribution in [0.5, 0.6) is 0 Å². The summed E-state index contributed by atoms with van der Waals surface area (Å²) in [5.74, 6) is -0.674. The highest BCUT2D eigenvalue weighted by molar-refractivity contribution is 7.89. The number of nitrogens with zero attached hydrogens (tertiary/aromatic N) is 1. The zero-order chi connectivity index (χ0) is 21.4. The Kier molecular flexibility index (Phi) is 8.60. The van der Waals surface area contributed by atoms with Gasteiger partial charge in [0.15, 0.2) is 0 Å². The van der Waals surface area contributed by atoms with Crippen molar-refractivity contribution in [3.63, 3.8) is 0 Å². The van der Waals surface area contributed by atoms with Crippen LogP contribution in [0.3, 0.4) is 0 Å². The fourth-order valence-corrected chi connectivity index (χ4v) is 4.89. The molecule has 1 fully saturated rings. The summed E-state index contributed by atoms with van der Waals surface area (Å²) < 4.78 is 26.8. The Morgan fingerprint density at radius 2 is 1.79 bits per heavy atom. The summed E-state index contributed by atoms with van der Waals surface area (Å²) in [5.41, 5.74) is 0. The molecule has 1 atom stereocenters. The van der Waals surface area contributed by atoms with Crippen molar-refractivity contribution in [2.45, 2.75) is 44.0 Å². The summed E-state index contributed by atoms with van der Waals surface area (Å²) >= 11 is 0. The Bertz CT molecular complexity index is 775. The summed E-state index contributed by atoms with van der Waals surface area (Å²) in [6, 6.07) is 7.60. The van der Waals surface area contributed by atoms with Crippen LogP contribution in [-0.2, 0) is 19.6 Å². The molecule has 0 aliphatic carbocycles. The number of nitrogens with one attached hydrogen (secondary N) is 2. The molecule has 2 amide bonds. The van der Waals surface area contributed by atoms with Crippen LogP contribution >= 0.6 is 0 Å². The molecule has 1 heterocycles. The Labute approximate surface area is 172 Å². The lowest BCUT2D eigenvalue weighted by atomic mass is 9.95. The van der Waals surface area contributed by atoms with Gasteiger partial charge in [0.2, 0.25) is 21.8 Å². The van der Waals surface area contributed by atoms with Crippen molar-refractivity contribution in [2.75, 3.05) is 26.2 Å². The van der Waals surface area contributed by atoms with E-state index < -0.39 is 16.1 Å². The molecule has 2 rings (SSSR count). The number of hydrogen-bond acceptors (Lipinski definition) is 5. The maximum Gasteiger partial charge on any atom is 0.243 e. The van der Waals surface area contributed by atoms with E-state index in [1.165, 1.54) is 4.31 Å². The minimum absolute atomic E-state index is 0.138. The van der Waals surface area contributed by atoms with Crippen LogP contribution in [0.1, 0.15) is 33.1 Å². The summed E-state index contributed by atoms with van der Waals surface area (Å²) in [6.45, 7) is 4.43. The maximum absolute atomic E-state index is 12.7. The van der Waals surface area contributed by atoms with E-state index in [2.05, 4.69) is 10.6 Å². The molecular formula is C20H31N3O5S. The van der Waals surface area contributed by atoms with Gasteiger partial charge in [-0.05, 0) is 37.3 Å². The third-order valence-electron chi connectivity index (χ3n) is 4.96. The predicted molar refractivity (Wildman–Crippen MR) is 109 cm³/mol. The van der Waals surface area contributed by atoms with E-state index in [0.717, 1.165) is 0 Å². The number of hydrogen-bond donors (Lipinski definition) is 3. The molecule has 1 saturated heterocycles. The number of carbonyl (C=O) groups is 2. The fraction of sp³-hybridized carbons (Fsp3) is 0.600. The third kappa shape index (κ3) is 6.52. The van der Waals surface area contributed by atoms with E-state index in [1.54, 1.807) is 30.3 Å². The smallest absolute Gasteiger partial charge is 0.243 e. The van der Waals surface area contributed by atoms with Gasteiger partial charge in [0.05, 0.1) is 11.5 Å². The summed E-state index contributed by atoms with van der Waals surface area (Å²) in [4.78, 5) is 25.2. The Balaban J connectivity index is 1.95. The van der Waals surface area contributed by atoms with Crippen LogP contribution in [-0.4, -0.2) is 61.9 Å². The van der Waals surface area contributed by atoms with Gasteiger partial charge in [-0.2, -0.15) is 4.31 Å². The summed E-state index contributed by atoms with van der Waals surface area (Å²) in [5, 5.41) is 14.3. The number of rotatable bonds is 9. The summed E-state index contributed by atoms with van der Waals surface area (Å²) in [6.07, 6.45) is 1.30. The molecule has 0 aromatic heterocycles. The Morgan fingerprint density at radius 3 is 2.34 bits per heavy atom. The lowest BCUT2D eigenvalue weighted by molar-refractivity contribution is -0.132. The van der Waals surface area contributed by atoms with Crippen molar-refractivity contribution in [1.29, 1.82) is 0 Å². The van der Waals surface area contributed by atoms with Crippen molar-refractivity contribution < 1.29 is 23.1 Å². The standard InChI is InChI=1S/C20H31N3O5S/c1-15(2)14-18(20(26)21-10-13-24)22-19(25)16-8-11-23(12-9-16)29(27,28)17-6-4-3-5-7-17/h3-7,15-16,18,24H,8-14H2,1-2H3,(H,21,26)(H,22,25). The molecule has 8 nitrogen and oxygen atoms in total. The van der Waals surface area contributed by atoms with Gasteiger partial charge in [0, 0.05) is 25.6 Å². The number of amides is 2. The SMILES string of the molecule is CC(C)CC(NC(=O)C1CCN(S(=O)(=O)c2ccccc2)CC1)C(=O)NCCO. The third-order valence-corrected chi connectivity index (χ3v) is 6.87. The number of piperidine rings is 1. The normalized spacial score (nSPS) is 17.1. The lowest BCUT2D eigenvalue weighted by Crippen LogP contribution is -2.51. The van der Waals surface area contributed by atoms with Gasteiger partial charge in [0.1, 0.15) is 6.04 Å². The average Bonchev–Trinajstić information content (AvgIpc) is 2.71. The number of aliphatic hydroxyl groups excluding tert-OH is 1. The number of benzene rings is 1. The first-order valence-electron chi connectivity index (χ1n) is 9.99. The van der Waals surface area contributed by atoms with Gasteiger partial charge < -0.3 is 15.7 Å². The molecule has 0 saturated carbocycles. The summed E-state index contributed by atoms with van der Waals surface area (Å²) in [7, 11) is -3.56. The van der Waals surface area contributed by atoms with Crippen molar-refractivity contribution in [3.05, 3.63) is 30.3 Å². The van der Waals surface area contributed by atoms with E-state index >= 15 is 0 Å². The van der Waals surface area contributed by atoms with Gasteiger partial charge >= 0.3 is 0 Å². The highest BCUT2D eigenvalue weighted by Crippen LogP contribution is 2.24. The first-order valence-corrected chi connectivity index (χ1v) is 11.4. The molecule has 3 N–H and O–H groups in total. The average molecular weight is 426 g/mol. The first kappa shape index (κ1) is 23.3. The maximum atomic E-state index is 12.7. The van der Waals surface area contributed by atoms with Crippen LogP contribution in [0.4, 0.5) is 0 Å². The largest absolute Gasteiger partial charge is 0.395 e. The van der Waals surface area contributed by atoms with Gasteiger partial charge in [-0.15, -0.1) is 0 Å². The molecule has 1 aliphatic heterocycles. The number of sulfonamides is 1. The van der Waals surface area contributed by atoms with Gasteiger partial charge in [-0.1, -0.05) is 32.0 Å². The van der Waals surface area contributed by atoms with Crippen LogP contribution in [0.15, 0.2) is 35.2 Å². The van der Waals surface area contributed by atoms with Crippen molar-refractivity contribution in [2.24, 2.45) is 11.8 Å². The van der Waals surface area contributed by atoms with Crippen molar-refractivity contribution in [3.8, 4) is 0 Å². The molecule has 0 radical (unpaired) electrons. The quantitative estimate of drug-likeness (QED) is 0.539. The van der Waals surface area contributed by atoms with Crippen molar-refractivity contribution in [1.82, 2.24) is 14.9 Å². The molecule has 162 valence electrons. The van der Waals surface area contributed by atoms with Crippen LogP contribution in [0.25, 0.3) is 0 Å². The second kappa shape index (κ2) is 10.7. The molecule has 1 aromatic rings. The lowest BCUT2D eigenvalue weighted by Gasteiger charge is -2.31. The zero-order valence-electron chi connectivity index (χ0n) is 17.0. The van der Waals surface area contributed by atoms with Gasteiger partial charge in [-0.25, -0.2) is 8.42 Å². The van der Waals surface area contributed by atoms with E-state index in [1.807, 2.05) is 13.8 Å². The highest BCUT2D eigenvalue weighted by Gasteiger charge is 2.33. The topological polar surface area (TPSA) is 116 Å². The zero-order valence-corrected chi connectivity index (χ0v) is 17.8. The van der Waals surface area contributed by atoms with E-state index in [-0.39, 0.29) is 54.8 Å². The Morgan fingerprint density at radius 1 is 1.17 bits per heavy atom. The molecule has 29 heavy (non-hydrogen) atoms. The Hall–Kier alpha value is -1.97. The van der Waals surface area contributed by atoms with Crippen LogP contribution < -0.4 is 10.6 Å². The molecular weight excluding hydrogens is 394 g/mol. The molecule has 0 bridgehead atoms. The predicted octanol–water partition coefficient (Wildman–Crippen LogP) is 0.727. The monoisotopic (exact) mass is 425 g/mol.